The van der Waals surface area contributed by atoms with Crippen LogP contribution in [0.2, 0.25) is 0 Å². The van der Waals surface area contributed by atoms with Crippen molar-refractivity contribution in [3.63, 3.8) is 0 Å². The topological polar surface area (TPSA) is 97.4 Å². The molecule has 0 amide bonds. The third kappa shape index (κ3) is 8.79. The van der Waals surface area contributed by atoms with Crippen LogP contribution in [0.15, 0.2) is 73.2 Å². The molecule has 374 valence electrons. The molecule has 72 heavy (non-hydrogen) atoms. The lowest BCUT2D eigenvalue weighted by Crippen LogP contribution is -2.81. The number of carbonyl (C=O) groups excluding carboxylic acids is 2. The molecule has 0 fully saturated rings. The van der Waals surface area contributed by atoms with E-state index in [9.17, 15) is 67.1 Å². The van der Waals surface area contributed by atoms with E-state index in [0.29, 0.717) is 5.56 Å². The summed E-state index contributed by atoms with van der Waals surface area (Å²) in [4.78, 5) is 39.8. The Labute approximate surface area is 385 Å². The standard InChI is InChI=1S/C24BF20.C20H14N2O5/c26-5-1(6(27)14(35)21(42)13(5)34)25(2-7(28)15(36)22(43)16(37)8(2)29,3-9(30)17(38)23(44)18(39)10(3)31)4-11(32)19(40)24(45)20(41)12(4)33;23-18(14-5-2-1-3-6-14)13-22-10-9-21-12-17(22)20(26)27-16-8-4-7-15(11-16)19(24)25/h;1-12H,13H2/q-1;/p+1. The molecule has 7 aromatic rings. The Hall–Kier alpha value is -8.33. The number of carboxylic acids is 1. The summed E-state index contributed by atoms with van der Waals surface area (Å²) in [5, 5.41) is 9.02. The Morgan fingerprint density at radius 2 is 0.792 bits per heavy atom. The molecule has 1 N–H and O–H groups in total. The van der Waals surface area contributed by atoms with Crippen LogP contribution >= 0.6 is 0 Å². The average Bonchev–Trinajstić information content (AvgIpc) is 3.36. The number of aromatic carboxylic acids is 1. The molecular formula is C44H15BF20N2O5. The molecule has 1 heterocycles. The molecule has 0 bridgehead atoms. The van der Waals surface area contributed by atoms with Crippen molar-refractivity contribution in [3.05, 3.63) is 206 Å². The predicted molar refractivity (Wildman–Crippen MR) is 203 cm³/mol. The van der Waals surface area contributed by atoms with Gasteiger partial charge in [0.2, 0.25) is 12.3 Å². The first kappa shape index (κ1) is 53.0. The van der Waals surface area contributed by atoms with Gasteiger partial charge in [0.05, 0.1) is 11.8 Å². The van der Waals surface area contributed by atoms with Gasteiger partial charge in [-0.3, -0.25) is 9.78 Å². The molecule has 0 radical (unpaired) electrons. The number of aromatic nitrogens is 2. The molecule has 0 saturated carbocycles. The smallest absolute Gasteiger partial charge is 0.410 e. The van der Waals surface area contributed by atoms with Crippen molar-refractivity contribution in [1.29, 1.82) is 0 Å². The summed E-state index contributed by atoms with van der Waals surface area (Å²) in [6.45, 7) is -0.0634. The van der Waals surface area contributed by atoms with Crippen molar-refractivity contribution in [1.82, 2.24) is 4.98 Å². The van der Waals surface area contributed by atoms with E-state index >= 15 is 35.1 Å². The lowest BCUT2D eigenvalue weighted by Gasteiger charge is -2.44. The third-order valence-corrected chi connectivity index (χ3v) is 10.5. The zero-order valence-electron chi connectivity index (χ0n) is 34.2. The molecule has 0 aliphatic heterocycles. The molecule has 7 rings (SSSR count). The summed E-state index contributed by atoms with van der Waals surface area (Å²) in [7, 11) is 0. The number of esters is 1. The number of nitrogens with zero attached hydrogens (tertiary/aromatic N) is 2. The predicted octanol–water partition coefficient (Wildman–Crippen LogP) is 8.02. The number of hydrogen-bond donors (Lipinski definition) is 1. The number of hydrogen-bond acceptors (Lipinski definition) is 5. The van der Waals surface area contributed by atoms with E-state index in [2.05, 4.69) is 4.98 Å². The average molecular weight is 1040 g/mol. The van der Waals surface area contributed by atoms with Gasteiger partial charge in [-0.2, -0.15) is 4.57 Å². The molecule has 1 aromatic heterocycles. The van der Waals surface area contributed by atoms with Crippen LogP contribution in [0.25, 0.3) is 0 Å². The Kier molecular flexibility index (Phi) is 14.9. The Bertz CT molecular complexity index is 3020. The van der Waals surface area contributed by atoms with Gasteiger partial charge in [0.25, 0.3) is 0 Å². The maximum atomic E-state index is 15.4. The fourth-order valence-electron chi connectivity index (χ4n) is 7.29. The minimum Gasteiger partial charge on any atom is -0.478 e. The van der Waals surface area contributed by atoms with E-state index in [1.54, 1.807) is 24.3 Å². The van der Waals surface area contributed by atoms with Crippen molar-refractivity contribution >= 4 is 45.7 Å². The third-order valence-electron chi connectivity index (χ3n) is 10.5. The van der Waals surface area contributed by atoms with Crippen LogP contribution < -0.4 is 31.2 Å². The van der Waals surface area contributed by atoms with Gasteiger partial charge in [0, 0.05) is 5.56 Å². The Balaban J connectivity index is 0.000000266. The van der Waals surface area contributed by atoms with Crippen LogP contribution in [0.3, 0.4) is 0 Å². The zero-order chi connectivity index (χ0) is 53.6. The SMILES string of the molecule is Fc1c(F)c(F)c([B-](c2c(F)c(F)c(F)c(F)c2F)(c2c(F)c(F)c(F)c(F)c2F)c2c(F)c(F)c(F)c(F)c2F)c(F)c1F.O=C(O)c1cccc(OC(=O)c2cncc[n+]2CC(=O)c2ccccc2)c1. The second-order valence-electron chi connectivity index (χ2n) is 14.4. The highest BCUT2D eigenvalue weighted by Crippen LogP contribution is 2.31. The van der Waals surface area contributed by atoms with Crippen LogP contribution in [0, 0.1) is 116 Å². The number of rotatable bonds is 10. The van der Waals surface area contributed by atoms with E-state index in [1.807, 2.05) is 6.07 Å². The maximum Gasteiger partial charge on any atom is 0.410 e. The molecule has 0 aliphatic rings. The van der Waals surface area contributed by atoms with Crippen molar-refractivity contribution in [2.24, 2.45) is 0 Å². The lowest BCUT2D eigenvalue weighted by atomic mass is 9.12. The van der Waals surface area contributed by atoms with E-state index < -0.39 is 156 Å². The summed E-state index contributed by atoms with van der Waals surface area (Å²) in [6, 6.07) is 14.3. The van der Waals surface area contributed by atoms with Crippen LogP contribution in [0.5, 0.6) is 5.75 Å². The molecule has 0 unspecified atom stereocenters. The minimum atomic E-state index is -7.22. The van der Waals surface area contributed by atoms with Crippen molar-refractivity contribution in [2.45, 2.75) is 6.54 Å². The first-order valence-corrected chi connectivity index (χ1v) is 19.0. The minimum absolute atomic E-state index is 0.00128. The summed E-state index contributed by atoms with van der Waals surface area (Å²) >= 11 is 0. The largest absolute Gasteiger partial charge is 0.478 e. The number of Topliss-reactive ketones (excluding diaryl/α,β-unsaturated/α-hetero) is 1. The molecule has 0 atom stereocenters. The molecule has 0 spiro atoms. The number of halogens is 20. The summed E-state index contributed by atoms with van der Waals surface area (Å²) < 4.78 is 301. The van der Waals surface area contributed by atoms with Crippen molar-refractivity contribution < 1.29 is 117 Å². The van der Waals surface area contributed by atoms with Crippen LogP contribution in [0.1, 0.15) is 31.2 Å². The lowest BCUT2D eigenvalue weighted by molar-refractivity contribution is -0.686. The van der Waals surface area contributed by atoms with Gasteiger partial charge in [0.15, 0.2) is 76.0 Å². The number of ketones is 1. The fourth-order valence-corrected chi connectivity index (χ4v) is 7.29. The van der Waals surface area contributed by atoms with Gasteiger partial charge < -0.3 is 9.84 Å². The summed E-state index contributed by atoms with van der Waals surface area (Å²) in [5.74, 6) is -73.4. The molecular weight excluding hydrogens is 1030 g/mol. The normalized spacial score (nSPS) is 11.3. The Morgan fingerprint density at radius 1 is 0.458 bits per heavy atom. The second kappa shape index (κ2) is 20.2. The highest BCUT2D eigenvalue weighted by Gasteiger charge is 2.52. The number of carbonyl (C=O) groups is 3. The summed E-state index contributed by atoms with van der Waals surface area (Å²) in [6.07, 6.45) is -2.96. The van der Waals surface area contributed by atoms with Gasteiger partial charge in [-0.05, 0) is 18.2 Å². The van der Waals surface area contributed by atoms with E-state index in [-0.39, 0.29) is 29.3 Å². The number of benzene rings is 6. The van der Waals surface area contributed by atoms with Gasteiger partial charge >= 0.3 is 17.6 Å². The molecule has 0 saturated heterocycles. The first-order valence-electron chi connectivity index (χ1n) is 19.0. The van der Waals surface area contributed by atoms with Crippen molar-refractivity contribution in [3.8, 4) is 5.75 Å². The van der Waals surface area contributed by atoms with Gasteiger partial charge in [-0.25, -0.2) is 97.4 Å². The van der Waals surface area contributed by atoms with Crippen LogP contribution in [-0.4, -0.2) is 34.0 Å². The maximum absolute atomic E-state index is 15.4. The fraction of sp³-hybridized carbons (Fsp3) is 0.0227. The number of carboxylic acid groups (broad SMARTS) is 1. The highest BCUT2D eigenvalue weighted by molar-refractivity contribution is 7.20. The zero-order valence-corrected chi connectivity index (χ0v) is 34.2. The molecule has 0 aliphatic carbocycles. The quantitative estimate of drug-likeness (QED) is 0.0218. The van der Waals surface area contributed by atoms with Gasteiger partial charge in [0.1, 0.15) is 64.6 Å². The monoisotopic (exact) mass is 1040 g/mol. The highest BCUT2D eigenvalue weighted by atomic mass is 19.2. The molecule has 6 aromatic carbocycles. The number of ether oxygens (including phenoxy) is 1. The Morgan fingerprint density at radius 3 is 1.14 bits per heavy atom. The van der Waals surface area contributed by atoms with Gasteiger partial charge in [-0.1, -0.05) is 36.4 Å². The van der Waals surface area contributed by atoms with Crippen LogP contribution in [-0.2, 0) is 6.54 Å². The molecule has 7 nitrogen and oxygen atoms in total. The van der Waals surface area contributed by atoms with Crippen molar-refractivity contribution in [2.75, 3.05) is 0 Å². The molecule has 28 heteroatoms. The van der Waals surface area contributed by atoms with E-state index in [0.717, 1.165) is 0 Å². The van der Waals surface area contributed by atoms with E-state index in [4.69, 9.17) is 9.84 Å². The summed E-state index contributed by atoms with van der Waals surface area (Å²) in [5.41, 5.74) is -13.7. The second-order valence-corrected chi connectivity index (χ2v) is 14.4. The van der Waals surface area contributed by atoms with Gasteiger partial charge in [-0.15, -0.1) is 21.9 Å². The van der Waals surface area contributed by atoms with E-state index in [1.165, 1.54) is 47.4 Å². The van der Waals surface area contributed by atoms with Crippen LogP contribution in [0.4, 0.5) is 87.8 Å². The first-order chi connectivity index (χ1) is 33.7.